The molecule has 3 saturated carbocycles. The van der Waals surface area contributed by atoms with Crippen LogP contribution in [0.4, 0.5) is 0 Å². The molecule has 6 unspecified atom stereocenters. The molecule has 3 saturated heterocycles. The third kappa shape index (κ3) is 13.4. The van der Waals surface area contributed by atoms with Crippen LogP contribution in [0, 0.1) is 35.5 Å². The minimum absolute atomic E-state index is 0.857. The Kier molecular flexibility index (Phi) is 16.6. The Morgan fingerprint density at radius 1 is 0.295 bits per heavy atom. The average molecular weight is 617 g/mol. The van der Waals surface area contributed by atoms with Crippen LogP contribution in [-0.4, -0.2) is 128 Å². The molecule has 6 aliphatic rings. The lowest BCUT2D eigenvalue weighted by Crippen LogP contribution is -2.44. The minimum atomic E-state index is 0.857. The Morgan fingerprint density at radius 2 is 0.500 bits per heavy atom. The van der Waals surface area contributed by atoms with E-state index in [9.17, 15) is 0 Å². The summed E-state index contributed by atoms with van der Waals surface area (Å²) in [5.41, 5.74) is 0. The fourth-order valence-corrected chi connectivity index (χ4v) is 9.25. The van der Waals surface area contributed by atoms with Gasteiger partial charge in [0.1, 0.15) is 0 Å². The third-order valence-corrected chi connectivity index (χ3v) is 11.9. The second-order valence-corrected chi connectivity index (χ2v) is 15.6. The first kappa shape index (κ1) is 35.0. The van der Waals surface area contributed by atoms with E-state index in [0.717, 1.165) is 74.8 Å². The van der Waals surface area contributed by atoms with Gasteiger partial charge in [0.15, 0.2) is 0 Å². The number of nitrogens with one attached hydrogen (secondary N) is 6. The SMILES string of the molecule is C1CC2CNCCN3CCNCC4CCCC(CNCCN(CCNCC(C1)C2)CCNCC1CCCC(CNCC3)C1)C4. The average Bonchev–Trinajstić information content (AvgIpc) is 3.04. The maximum Gasteiger partial charge on any atom is 0.0108 e. The van der Waals surface area contributed by atoms with Gasteiger partial charge in [-0.2, -0.15) is 0 Å². The van der Waals surface area contributed by atoms with Crippen molar-refractivity contribution in [3.8, 4) is 0 Å². The molecule has 6 N–H and O–H groups in total. The van der Waals surface area contributed by atoms with Crippen molar-refractivity contribution in [1.82, 2.24) is 41.7 Å². The predicted octanol–water partition coefficient (Wildman–Crippen LogP) is 2.57. The van der Waals surface area contributed by atoms with Gasteiger partial charge < -0.3 is 31.9 Å². The van der Waals surface area contributed by atoms with Crippen molar-refractivity contribution in [3.05, 3.63) is 0 Å². The van der Waals surface area contributed by atoms with E-state index in [2.05, 4.69) is 41.7 Å². The smallest absolute Gasteiger partial charge is 0.0108 e. The van der Waals surface area contributed by atoms with Crippen molar-refractivity contribution in [1.29, 1.82) is 0 Å². The van der Waals surface area contributed by atoms with Crippen molar-refractivity contribution >= 4 is 0 Å². The van der Waals surface area contributed by atoms with Crippen LogP contribution >= 0.6 is 0 Å². The number of hydrogen-bond donors (Lipinski definition) is 6. The van der Waals surface area contributed by atoms with E-state index in [0.29, 0.717) is 0 Å². The molecule has 44 heavy (non-hydrogen) atoms. The zero-order valence-corrected chi connectivity index (χ0v) is 28.6. The molecule has 8 heteroatoms. The minimum Gasteiger partial charge on any atom is -0.315 e. The summed E-state index contributed by atoms with van der Waals surface area (Å²) in [6.07, 6.45) is 16.9. The lowest BCUT2D eigenvalue weighted by Gasteiger charge is -2.32. The Balaban J connectivity index is 1.22. The van der Waals surface area contributed by atoms with Crippen LogP contribution in [0.3, 0.4) is 0 Å². The second-order valence-electron chi connectivity index (χ2n) is 15.6. The Bertz CT molecular complexity index is 590. The van der Waals surface area contributed by atoms with Gasteiger partial charge in [-0.25, -0.2) is 0 Å². The molecule has 0 aromatic rings. The highest BCUT2D eigenvalue weighted by atomic mass is 15.2. The van der Waals surface area contributed by atoms with Gasteiger partial charge in [0.2, 0.25) is 0 Å². The van der Waals surface area contributed by atoms with Crippen molar-refractivity contribution in [2.75, 3.05) is 118 Å². The number of hydrogen-bond acceptors (Lipinski definition) is 8. The first-order valence-corrected chi connectivity index (χ1v) is 19.5. The standard InChI is InChI=1S/C36H72N8/c1-4-31-22-32(5-1)26-38-11-17-44-19-13-40-28-34-7-2-6-33(23-34)27-39-12-18-43(16-10-37-25-31)20-14-41-29-35-8-3-9-36(24-35)30-42-15-21-44/h31-42H,1-30H2. The van der Waals surface area contributed by atoms with Crippen molar-refractivity contribution < 1.29 is 0 Å². The van der Waals surface area contributed by atoms with Crippen molar-refractivity contribution in [2.45, 2.75) is 77.0 Å². The molecule has 0 amide bonds. The summed E-state index contributed by atoms with van der Waals surface area (Å²) in [5, 5.41) is 23.4. The van der Waals surface area contributed by atoms with E-state index < -0.39 is 0 Å². The fourth-order valence-electron chi connectivity index (χ4n) is 9.25. The predicted molar refractivity (Wildman–Crippen MR) is 186 cm³/mol. The fraction of sp³-hybridized carbons (Fsp3) is 1.00. The van der Waals surface area contributed by atoms with Crippen molar-refractivity contribution in [3.63, 3.8) is 0 Å². The molecule has 8 bridgehead atoms. The first-order valence-electron chi connectivity index (χ1n) is 19.5. The number of rotatable bonds is 0. The molecule has 3 aliphatic carbocycles. The lowest BCUT2D eigenvalue weighted by atomic mass is 9.81. The molecule has 3 aliphatic heterocycles. The summed E-state index contributed by atoms with van der Waals surface area (Å²) in [6.45, 7) is 21.1. The lowest BCUT2D eigenvalue weighted by molar-refractivity contribution is 0.217. The van der Waals surface area contributed by atoms with Gasteiger partial charge >= 0.3 is 0 Å². The summed E-state index contributed by atoms with van der Waals surface area (Å²) in [5.74, 6) is 5.14. The van der Waals surface area contributed by atoms with Crippen LogP contribution in [0.25, 0.3) is 0 Å². The van der Waals surface area contributed by atoms with Gasteiger partial charge in [0.25, 0.3) is 0 Å². The van der Waals surface area contributed by atoms with E-state index in [1.807, 2.05) is 0 Å². The third-order valence-electron chi connectivity index (χ3n) is 11.9. The summed E-state index contributed by atoms with van der Waals surface area (Å²) in [4.78, 5) is 5.45. The molecule has 3 heterocycles. The second kappa shape index (κ2) is 20.8. The quantitative estimate of drug-likeness (QED) is 0.248. The largest absolute Gasteiger partial charge is 0.315 e. The van der Waals surface area contributed by atoms with Gasteiger partial charge in [0, 0.05) is 78.5 Å². The topological polar surface area (TPSA) is 78.7 Å². The zero-order chi connectivity index (χ0) is 30.1. The molecule has 6 fully saturated rings. The summed E-state index contributed by atoms with van der Waals surface area (Å²) >= 11 is 0. The highest BCUT2D eigenvalue weighted by molar-refractivity contribution is 4.80. The van der Waals surface area contributed by atoms with E-state index in [-0.39, 0.29) is 0 Å². The van der Waals surface area contributed by atoms with Gasteiger partial charge in [-0.15, -0.1) is 0 Å². The molecular weight excluding hydrogens is 544 g/mol. The summed E-state index contributed by atoms with van der Waals surface area (Å²) in [7, 11) is 0. The van der Waals surface area contributed by atoms with E-state index in [4.69, 9.17) is 0 Å². The molecule has 6 atom stereocenters. The number of nitrogens with zero attached hydrogens (tertiary/aromatic N) is 2. The molecule has 0 aromatic carbocycles. The Morgan fingerprint density at radius 3 is 0.705 bits per heavy atom. The van der Waals surface area contributed by atoms with E-state index in [1.165, 1.54) is 156 Å². The normalized spacial score (nSPS) is 39.3. The van der Waals surface area contributed by atoms with E-state index in [1.54, 1.807) is 0 Å². The van der Waals surface area contributed by atoms with Crippen LogP contribution in [0.5, 0.6) is 0 Å². The summed E-state index contributed by atoms with van der Waals surface area (Å²) in [6, 6.07) is 0. The van der Waals surface area contributed by atoms with Gasteiger partial charge in [-0.05, 0) is 133 Å². The first-order chi connectivity index (χ1) is 21.8. The van der Waals surface area contributed by atoms with Crippen LogP contribution in [-0.2, 0) is 0 Å². The van der Waals surface area contributed by atoms with Crippen LogP contribution < -0.4 is 31.9 Å². The van der Waals surface area contributed by atoms with Crippen LogP contribution in [0.1, 0.15) is 77.0 Å². The summed E-state index contributed by atoms with van der Waals surface area (Å²) < 4.78 is 0. The van der Waals surface area contributed by atoms with Crippen molar-refractivity contribution in [2.24, 2.45) is 35.5 Å². The molecule has 0 radical (unpaired) electrons. The maximum absolute atomic E-state index is 3.90. The molecule has 0 spiro atoms. The van der Waals surface area contributed by atoms with Crippen LogP contribution in [0.2, 0.25) is 0 Å². The molecule has 8 nitrogen and oxygen atoms in total. The Labute approximate surface area is 271 Å². The van der Waals surface area contributed by atoms with E-state index >= 15 is 0 Å². The molecule has 0 aromatic heterocycles. The Hall–Kier alpha value is -0.320. The monoisotopic (exact) mass is 617 g/mol. The molecule has 256 valence electrons. The highest BCUT2D eigenvalue weighted by Gasteiger charge is 2.24. The zero-order valence-electron chi connectivity index (χ0n) is 28.6. The van der Waals surface area contributed by atoms with Crippen LogP contribution in [0.15, 0.2) is 0 Å². The molecule has 6 rings (SSSR count). The number of fused-ring (bicyclic) bond motifs is 18. The van der Waals surface area contributed by atoms with Gasteiger partial charge in [0.05, 0.1) is 0 Å². The van der Waals surface area contributed by atoms with Gasteiger partial charge in [-0.3, -0.25) is 9.80 Å². The maximum atomic E-state index is 3.90. The van der Waals surface area contributed by atoms with Gasteiger partial charge in [-0.1, -0.05) is 19.3 Å². The highest BCUT2D eigenvalue weighted by Crippen LogP contribution is 2.30. The molecular formula is C36H72N8.